The molecule has 0 amide bonds. The van der Waals surface area contributed by atoms with Crippen molar-refractivity contribution in [1.29, 1.82) is 0 Å². The summed E-state index contributed by atoms with van der Waals surface area (Å²) in [6.45, 7) is 3.34. The van der Waals surface area contributed by atoms with Gasteiger partial charge in [0.2, 0.25) is 0 Å². The van der Waals surface area contributed by atoms with E-state index < -0.39 is 9.84 Å². The molecule has 0 aromatic heterocycles. The summed E-state index contributed by atoms with van der Waals surface area (Å²) >= 11 is 5.90. The van der Waals surface area contributed by atoms with Crippen molar-refractivity contribution in [1.82, 2.24) is 5.32 Å². The van der Waals surface area contributed by atoms with Gasteiger partial charge < -0.3 is 10.1 Å². The molecule has 1 aromatic rings. The van der Waals surface area contributed by atoms with Gasteiger partial charge in [-0.2, -0.15) is 0 Å². The Bertz CT molecular complexity index is 574. The van der Waals surface area contributed by atoms with Gasteiger partial charge >= 0.3 is 0 Å². The molecule has 0 bridgehead atoms. The van der Waals surface area contributed by atoms with E-state index in [1.54, 1.807) is 0 Å². The molecule has 1 aliphatic rings. The van der Waals surface area contributed by atoms with Crippen LogP contribution in [0, 0.1) is 6.92 Å². The van der Waals surface area contributed by atoms with Gasteiger partial charge in [-0.3, -0.25) is 0 Å². The number of hydrogen-bond donors (Lipinski definition) is 1. The number of halogens is 1. The van der Waals surface area contributed by atoms with Crippen molar-refractivity contribution >= 4 is 21.4 Å². The average Bonchev–Trinajstić information content (AvgIpc) is 2.39. The highest BCUT2D eigenvalue weighted by Crippen LogP contribution is 2.21. The molecule has 118 valence electrons. The Morgan fingerprint density at radius 2 is 2.24 bits per heavy atom. The third-order valence-corrected chi connectivity index (χ3v) is 5.67. The molecule has 0 radical (unpaired) electrons. The second-order valence-electron chi connectivity index (χ2n) is 5.52. The van der Waals surface area contributed by atoms with Gasteiger partial charge in [-0.05, 0) is 56.5 Å². The van der Waals surface area contributed by atoms with Crippen LogP contribution in [0.4, 0.5) is 0 Å². The largest absolute Gasteiger partial charge is 0.493 e. The molecule has 1 fully saturated rings. The normalized spacial score (nSPS) is 21.1. The number of benzene rings is 1. The van der Waals surface area contributed by atoms with Crippen molar-refractivity contribution in [2.45, 2.75) is 32.2 Å². The zero-order valence-corrected chi connectivity index (χ0v) is 13.8. The van der Waals surface area contributed by atoms with Crippen LogP contribution in [0.25, 0.3) is 0 Å². The third kappa shape index (κ3) is 5.49. The Morgan fingerprint density at radius 1 is 1.43 bits per heavy atom. The molecule has 2 rings (SSSR count). The van der Waals surface area contributed by atoms with E-state index in [0.717, 1.165) is 37.1 Å². The summed E-state index contributed by atoms with van der Waals surface area (Å²) in [5.74, 6) is 1.45. The summed E-state index contributed by atoms with van der Waals surface area (Å²) in [5, 5.41) is 4.02. The van der Waals surface area contributed by atoms with Crippen molar-refractivity contribution in [3.05, 3.63) is 28.8 Å². The predicted molar refractivity (Wildman–Crippen MR) is 86.0 cm³/mol. The van der Waals surface area contributed by atoms with Gasteiger partial charge in [0.05, 0.1) is 18.1 Å². The number of hydrogen-bond acceptors (Lipinski definition) is 4. The van der Waals surface area contributed by atoms with Crippen LogP contribution in [0.15, 0.2) is 18.2 Å². The quantitative estimate of drug-likeness (QED) is 0.814. The maximum atomic E-state index is 11.5. The zero-order valence-electron chi connectivity index (χ0n) is 12.3. The second kappa shape index (κ2) is 7.47. The number of ether oxygens (including phenoxy) is 1. The van der Waals surface area contributed by atoms with Gasteiger partial charge in [-0.15, -0.1) is 0 Å². The van der Waals surface area contributed by atoms with E-state index in [0.29, 0.717) is 17.4 Å². The Labute approximate surface area is 131 Å². The molecule has 1 saturated heterocycles. The smallest absolute Gasteiger partial charge is 0.151 e. The van der Waals surface area contributed by atoms with E-state index in [1.807, 2.05) is 25.1 Å². The number of nitrogens with one attached hydrogen (secondary N) is 1. The summed E-state index contributed by atoms with van der Waals surface area (Å²) in [6, 6.07) is 5.66. The Kier molecular flexibility index (Phi) is 5.90. The molecular formula is C15H22ClNO3S. The van der Waals surface area contributed by atoms with Crippen LogP contribution in [-0.4, -0.2) is 39.1 Å². The molecule has 0 unspecified atom stereocenters. The summed E-state index contributed by atoms with van der Waals surface area (Å²) in [4.78, 5) is 0. The van der Waals surface area contributed by atoms with Crippen LogP contribution in [0.2, 0.25) is 5.02 Å². The molecule has 1 atom stereocenters. The first-order valence-corrected chi connectivity index (χ1v) is 9.49. The minimum atomic E-state index is -2.83. The van der Waals surface area contributed by atoms with E-state index in [4.69, 9.17) is 16.3 Å². The minimum Gasteiger partial charge on any atom is -0.493 e. The van der Waals surface area contributed by atoms with Gasteiger partial charge in [0, 0.05) is 11.1 Å². The van der Waals surface area contributed by atoms with E-state index >= 15 is 0 Å². The van der Waals surface area contributed by atoms with Crippen LogP contribution in [0.5, 0.6) is 5.75 Å². The molecule has 1 aliphatic heterocycles. The molecule has 6 heteroatoms. The fourth-order valence-corrected chi connectivity index (χ4v) is 4.42. The van der Waals surface area contributed by atoms with E-state index in [1.165, 1.54) is 0 Å². The van der Waals surface area contributed by atoms with E-state index in [-0.39, 0.29) is 11.8 Å². The molecule has 1 aromatic carbocycles. The predicted octanol–water partition coefficient (Wildman–Crippen LogP) is 2.58. The molecule has 1 N–H and O–H groups in total. The number of aryl methyl sites for hydroxylation is 1. The second-order valence-corrected chi connectivity index (χ2v) is 8.18. The highest BCUT2D eigenvalue weighted by atomic mass is 35.5. The maximum absolute atomic E-state index is 11.5. The monoisotopic (exact) mass is 331 g/mol. The first kappa shape index (κ1) is 16.6. The first-order valence-electron chi connectivity index (χ1n) is 7.29. The van der Waals surface area contributed by atoms with E-state index in [9.17, 15) is 8.42 Å². The summed E-state index contributed by atoms with van der Waals surface area (Å²) in [7, 11) is -2.83. The Hall–Kier alpha value is -0.780. The van der Waals surface area contributed by atoms with Gasteiger partial charge in [0.15, 0.2) is 9.84 Å². The van der Waals surface area contributed by atoms with Gasteiger partial charge in [0.25, 0.3) is 0 Å². The fourth-order valence-electron chi connectivity index (χ4n) is 2.52. The lowest BCUT2D eigenvalue weighted by molar-refractivity contribution is 0.302. The van der Waals surface area contributed by atoms with Crippen molar-refractivity contribution in [2.24, 2.45) is 0 Å². The van der Waals surface area contributed by atoms with E-state index in [2.05, 4.69) is 5.32 Å². The topological polar surface area (TPSA) is 55.4 Å². The van der Waals surface area contributed by atoms with Gasteiger partial charge in [-0.1, -0.05) is 11.6 Å². The number of sulfone groups is 1. The lowest BCUT2D eigenvalue weighted by Crippen LogP contribution is -2.40. The molecule has 21 heavy (non-hydrogen) atoms. The lowest BCUT2D eigenvalue weighted by Gasteiger charge is -2.23. The Balaban J connectivity index is 1.66. The molecule has 1 heterocycles. The SMILES string of the molecule is Cc1cc(Cl)ccc1OCCCN[C@@H]1CCCS(=O)(=O)C1. The van der Waals surface area contributed by atoms with Crippen molar-refractivity contribution in [3.63, 3.8) is 0 Å². The number of rotatable bonds is 6. The van der Waals surface area contributed by atoms with Crippen LogP contribution in [-0.2, 0) is 9.84 Å². The molecular weight excluding hydrogens is 310 g/mol. The summed E-state index contributed by atoms with van der Waals surface area (Å²) in [6.07, 6.45) is 2.55. The zero-order chi connectivity index (χ0) is 15.3. The molecule has 0 spiro atoms. The van der Waals surface area contributed by atoms with Crippen LogP contribution < -0.4 is 10.1 Å². The molecule has 0 aliphatic carbocycles. The highest BCUT2D eigenvalue weighted by molar-refractivity contribution is 7.91. The van der Waals surface area contributed by atoms with Crippen LogP contribution >= 0.6 is 11.6 Å². The molecule has 0 saturated carbocycles. The maximum Gasteiger partial charge on any atom is 0.151 e. The standard InChI is InChI=1S/C15H22ClNO3S/c1-12-10-13(16)5-6-15(12)20-8-3-7-17-14-4-2-9-21(18,19)11-14/h5-6,10,14,17H,2-4,7-9,11H2,1H3/t14-/m1/s1. The van der Waals surface area contributed by atoms with Crippen molar-refractivity contribution in [3.8, 4) is 5.75 Å². The molecule has 4 nitrogen and oxygen atoms in total. The first-order chi connectivity index (χ1) is 9.96. The third-order valence-electron chi connectivity index (χ3n) is 3.61. The fraction of sp³-hybridized carbons (Fsp3) is 0.600. The summed E-state index contributed by atoms with van der Waals surface area (Å²) < 4.78 is 28.8. The average molecular weight is 332 g/mol. The van der Waals surface area contributed by atoms with Crippen LogP contribution in [0.1, 0.15) is 24.8 Å². The van der Waals surface area contributed by atoms with Crippen molar-refractivity contribution < 1.29 is 13.2 Å². The highest BCUT2D eigenvalue weighted by Gasteiger charge is 2.23. The lowest BCUT2D eigenvalue weighted by atomic mass is 10.2. The van der Waals surface area contributed by atoms with Gasteiger partial charge in [0.1, 0.15) is 5.75 Å². The van der Waals surface area contributed by atoms with Gasteiger partial charge in [-0.25, -0.2) is 8.42 Å². The van der Waals surface area contributed by atoms with Crippen LogP contribution in [0.3, 0.4) is 0 Å². The Morgan fingerprint density at radius 3 is 2.95 bits per heavy atom. The minimum absolute atomic E-state index is 0.0982. The van der Waals surface area contributed by atoms with Crippen molar-refractivity contribution in [2.75, 3.05) is 24.7 Å². The summed E-state index contributed by atoms with van der Waals surface area (Å²) in [5.41, 5.74) is 1.02.